The summed E-state index contributed by atoms with van der Waals surface area (Å²) in [6.45, 7) is 4.79. The number of likely N-dealkylation sites (N-methyl/N-ethyl adjacent to an activating group) is 1. The van der Waals surface area contributed by atoms with E-state index in [9.17, 15) is 9.59 Å². The van der Waals surface area contributed by atoms with Gasteiger partial charge in [0.1, 0.15) is 0 Å². The number of nitrogens with one attached hydrogen (secondary N) is 1. The molecular formula is C27H32N6O3. The largest absolute Gasteiger partial charge is 0.369 e. The standard InChI is InChI=1S/C27H32N6O3/c1-30-13-15-32(16-14-30)21-11-9-20(10-12-21)26(34)31(2)25-22-17-33(18-23(22)28-29-25)27(35)24(36-3)19-7-5-4-6-8-19/h4-12,24H,13-18H2,1-3H3,(H,28,29)/t24-/m1/s1. The van der Waals surface area contributed by atoms with E-state index in [2.05, 4.69) is 27.0 Å². The normalized spacial score (nSPS) is 16.6. The van der Waals surface area contributed by atoms with Crippen molar-refractivity contribution in [1.29, 1.82) is 0 Å². The number of carbonyl (C=O) groups is 2. The number of hydrogen-bond acceptors (Lipinski definition) is 6. The minimum Gasteiger partial charge on any atom is -0.369 e. The summed E-state index contributed by atoms with van der Waals surface area (Å²) in [6, 6.07) is 17.2. The van der Waals surface area contributed by atoms with Crippen molar-refractivity contribution >= 4 is 23.3 Å². The van der Waals surface area contributed by atoms with Gasteiger partial charge in [0.15, 0.2) is 11.9 Å². The molecule has 1 N–H and O–H groups in total. The van der Waals surface area contributed by atoms with Gasteiger partial charge < -0.3 is 19.4 Å². The first kappa shape index (κ1) is 24.0. The molecule has 9 nitrogen and oxygen atoms in total. The van der Waals surface area contributed by atoms with Gasteiger partial charge >= 0.3 is 0 Å². The molecule has 0 radical (unpaired) electrons. The molecule has 1 saturated heterocycles. The number of piperazine rings is 1. The number of methoxy groups -OCH3 is 1. The number of anilines is 2. The van der Waals surface area contributed by atoms with E-state index in [1.165, 1.54) is 0 Å². The fourth-order valence-corrected chi connectivity index (χ4v) is 4.90. The molecule has 1 aromatic heterocycles. The van der Waals surface area contributed by atoms with Crippen LogP contribution < -0.4 is 9.80 Å². The molecule has 2 aliphatic heterocycles. The Morgan fingerprint density at radius 2 is 1.69 bits per heavy atom. The minimum absolute atomic E-state index is 0.118. The Hall–Kier alpha value is -3.69. The third kappa shape index (κ3) is 4.59. The van der Waals surface area contributed by atoms with Crippen molar-refractivity contribution in [2.75, 3.05) is 57.2 Å². The number of aromatic amines is 1. The zero-order valence-electron chi connectivity index (χ0n) is 21.0. The number of aromatic nitrogens is 2. The molecule has 9 heteroatoms. The summed E-state index contributed by atoms with van der Waals surface area (Å²) in [7, 11) is 5.40. The van der Waals surface area contributed by atoms with Gasteiger partial charge in [-0.2, -0.15) is 5.10 Å². The van der Waals surface area contributed by atoms with Crippen molar-refractivity contribution in [3.8, 4) is 0 Å². The van der Waals surface area contributed by atoms with E-state index in [0.717, 1.165) is 48.7 Å². The van der Waals surface area contributed by atoms with Gasteiger partial charge in [0.25, 0.3) is 11.8 Å². The number of ether oxygens (including phenoxy) is 1. The lowest BCUT2D eigenvalue weighted by atomic mass is 10.1. The molecule has 2 amide bonds. The van der Waals surface area contributed by atoms with Crippen LogP contribution in [0.1, 0.15) is 33.3 Å². The van der Waals surface area contributed by atoms with E-state index < -0.39 is 6.10 Å². The lowest BCUT2D eigenvalue weighted by Crippen LogP contribution is -2.44. The van der Waals surface area contributed by atoms with E-state index in [4.69, 9.17) is 4.74 Å². The summed E-state index contributed by atoms with van der Waals surface area (Å²) in [5.74, 6) is 0.285. The Morgan fingerprint density at radius 1 is 1.00 bits per heavy atom. The number of rotatable bonds is 6. The second kappa shape index (κ2) is 10.1. The van der Waals surface area contributed by atoms with Gasteiger partial charge in [-0.3, -0.25) is 19.6 Å². The molecule has 0 unspecified atom stereocenters. The zero-order chi connectivity index (χ0) is 25.2. The number of benzene rings is 2. The maximum atomic E-state index is 13.3. The molecule has 2 aromatic carbocycles. The van der Waals surface area contributed by atoms with Gasteiger partial charge in [0.2, 0.25) is 0 Å². The minimum atomic E-state index is -0.676. The third-order valence-corrected chi connectivity index (χ3v) is 7.11. The van der Waals surface area contributed by atoms with Crippen LogP contribution in [0.4, 0.5) is 11.5 Å². The van der Waals surface area contributed by atoms with E-state index in [1.807, 2.05) is 54.6 Å². The second-order valence-electron chi connectivity index (χ2n) is 9.43. The molecule has 188 valence electrons. The third-order valence-electron chi connectivity index (χ3n) is 7.11. The summed E-state index contributed by atoms with van der Waals surface area (Å²) in [4.78, 5) is 34.5. The quantitative estimate of drug-likeness (QED) is 0.574. The fraction of sp³-hybridized carbons (Fsp3) is 0.370. The Morgan fingerprint density at radius 3 is 2.36 bits per heavy atom. The molecule has 3 heterocycles. The van der Waals surface area contributed by atoms with Crippen LogP contribution in [0.2, 0.25) is 0 Å². The number of hydrogen-bond donors (Lipinski definition) is 1. The first-order valence-corrected chi connectivity index (χ1v) is 12.2. The smallest absolute Gasteiger partial charge is 0.259 e. The van der Waals surface area contributed by atoms with Crippen molar-refractivity contribution in [2.45, 2.75) is 19.2 Å². The highest BCUT2D eigenvalue weighted by Crippen LogP contribution is 2.32. The van der Waals surface area contributed by atoms with Crippen LogP contribution in [0.5, 0.6) is 0 Å². The van der Waals surface area contributed by atoms with E-state index in [0.29, 0.717) is 24.5 Å². The molecule has 0 bridgehead atoms. The molecule has 1 fully saturated rings. The van der Waals surface area contributed by atoms with Gasteiger partial charge in [0.05, 0.1) is 18.8 Å². The Balaban J connectivity index is 1.27. The van der Waals surface area contributed by atoms with E-state index >= 15 is 0 Å². The number of fused-ring (bicyclic) bond motifs is 1. The van der Waals surface area contributed by atoms with Crippen molar-refractivity contribution in [2.24, 2.45) is 0 Å². The van der Waals surface area contributed by atoms with Crippen LogP contribution in [-0.4, -0.2) is 79.2 Å². The number of carbonyl (C=O) groups excluding carboxylic acids is 2. The molecule has 5 rings (SSSR count). The monoisotopic (exact) mass is 488 g/mol. The molecule has 36 heavy (non-hydrogen) atoms. The van der Waals surface area contributed by atoms with Gasteiger partial charge in [-0.05, 0) is 36.9 Å². The lowest BCUT2D eigenvalue weighted by molar-refractivity contribution is -0.143. The van der Waals surface area contributed by atoms with E-state index in [-0.39, 0.29) is 11.8 Å². The number of amides is 2. The Labute approximate surface area is 211 Å². The number of nitrogens with zero attached hydrogens (tertiary/aromatic N) is 5. The van der Waals surface area contributed by atoms with Crippen LogP contribution in [0.15, 0.2) is 54.6 Å². The molecule has 0 spiro atoms. The van der Waals surface area contributed by atoms with Gasteiger partial charge in [-0.15, -0.1) is 0 Å². The predicted octanol–water partition coefficient (Wildman–Crippen LogP) is 2.67. The highest BCUT2D eigenvalue weighted by molar-refractivity contribution is 6.05. The van der Waals surface area contributed by atoms with Gasteiger partial charge in [-0.1, -0.05) is 30.3 Å². The van der Waals surface area contributed by atoms with E-state index in [1.54, 1.807) is 24.0 Å². The topological polar surface area (TPSA) is 85.0 Å². The molecule has 0 aliphatic carbocycles. The van der Waals surface area contributed by atoms with Crippen molar-refractivity contribution in [3.63, 3.8) is 0 Å². The highest BCUT2D eigenvalue weighted by atomic mass is 16.5. The van der Waals surface area contributed by atoms with Crippen LogP contribution >= 0.6 is 0 Å². The fourth-order valence-electron chi connectivity index (χ4n) is 4.90. The molecule has 0 saturated carbocycles. The maximum Gasteiger partial charge on any atom is 0.259 e. The van der Waals surface area contributed by atoms with Crippen molar-refractivity contribution in [1.82, 2.24) is 20.0 Å². The zero-order valence-corrected chi connectivity index (χ0v) is 21.0. The first-order valence-electron chi connectivity index (χ1n) is 12.2. The summed E-state index contributed by atoms with van der Waals surface area (Å²) in [5, 5.41) is 7.42. The molecule has 1 atom stereocenters. The van der Waals surface area contributed by atoms with Crippen LogP contribution in [-0.2, 0) is 22.6 Å². The SMILES string of the molecule is CO[C@@H](C(=O)N1Cc2[nH]nc(N(C)C(=O)c3ccc(N4CCN(C)CC4)cc3)c2C1)c1ccccc1. The van der Waals surface area contributed by atoms with Crippen LogP contribution in [0, 0.1) is 0 Å². The first-order chi connectivity index (χ1) is 17.5. The Kier molecular flexibility index (Phi) is 6.75. The summed E-state index contributed by atoms with van der Waals surface area (Å²) >= 11 is 0. The highest BCUT2D eigenvalue weighted by Gasteiger charge is 2.34. The molecule has 3 aromatic rings. The molecular weight excluding hydrogens is 456 g/mol. The van der Waals surface area contributed by atoms with Crippen molar-refractivity contribution in [3.05, 3.63) is 77.0 Å². The lowest BCUT2D eigenvalue weighted by Gasteiger charge is -2.34. The Bertz CT molecular complexity index is 1220. The maximum absolute atomic E-state index is 13.3. The van der Waals surface area contributed by atoms with Crippen LogP contribution in [0.25, 0.3) is 0 Å². The second-order valence-corrected chi connectivity index (χ2v) is 9.43. The average molecular weight is 489 g/mol. The van der Waals surface area contributed by atoms with Gasteiger partial charge in [-0.25, -0.2) is 0 Å². The van der Waals surface area contributed by atoms with Crippen molar-refractivity contribution < 1.29 is 14.3 Å². The molecule has 2 aliphatic rings. The van der Waals surface area contributed by atoms with Crippen LogP contribution in [0.3, 0.4) is 0 Å². The summed E-state index contributed by atoms with van der Waals surface area (Å²) < 4.78 is 5.53. The summed E-state index contributed by atoms with van der Waals surface area (Å²) in [5.41, 5.74) is 4.23. The summed E-state index contributed by atoms with van der Waals surface area (Å²) in [6.07, 6.45) is -0.676. The number of H-pyrrole nitrogens is 1. The predicted molar refractivity (Wildman–Crippen MR) is 138 cm³/mol. The average Bonchev–Trinajstić information content (AvgIpc) is 3.51. The van der Waals surface area contributed by atoms with Gasteiger partial charge in [0, 0.05) is 57.2 Å².